The van der Waals surface area contributed by atoms with Crippen LogP contribution in [0.15, 0.2) is 11.3 Å². The van der Waals surface area contributed by atoms with Gasteiger partial charge in [0, 0.05) is 11.8 Å². The predicted octanol–water partition coefficient (Wildman–Crippen LogP) is 1.98. The Hall–Kier alpha value is -1.49. The van der Waals surface area contributed by atoms with Crippen molar-refractivity contribution in [1.29, 1.82) is 0 Å². The van der Waals surface area contributed by atoms with Crippen LogP contribution in [0.4, 0.5) is 0 Å². The first-order valence-electron chi connectivity index (χ1n) is 7.59. The van der Waals surface area contributed by atoms with Gasteiger partial charge in [0.1, 0.15) is 11.3 Å². The maximum atomic E-state index is 12.9. The van der Waals surface area contributed by atoms with Crippen molar-refractivity contribution < 1.29 is 24.6 Å². The quantitative estimate of drug-likeness (QED) is 0.614. The van der Waals surface area contributed by atoms with Crippen LogP contribution < -0.4 is 0 Å². The summed E-state index contributed by atoms with van der Waals surface area (Å²) < 4.78 is 0. The van der Waals surface area contributed by atoms with Gasteiger partial charge in [-0.2, -0.15) is 0 Å². The number of Topliss-reactive ketones (excluding diaryl/α,β-unsaturated/α-hetero) is 3. The molecule has 2 aliphatic rings. The molecule has 3 unspecified atom stereocenters. The lowest BCUT2D eigenvalue weighted by Gasteiger charge is -2.38. The molecule has 5 heteroatoms. The summed E-state index contributed by atoms with van der Waals surface area (Å²) in [5, 5.41) is 20.9. The maximum absolute atomic E-state index is 12.9. The first-order valence-corrected chi connectivity index (χ1v) is 7.59. The summed E-state index contributed by atoms with van der Waals surface area (Å²) in [5.41, 5.74) is -4.29. The average Bonchev–Trinajstić information content (AvgIpc) is 2.57. The molecule has 22 heavy (non-hydrogen) atoms. The topological polar surface area (TPSA) is 91.7 Å². The van der Waals surface area contributed by atoms with E-state index in [2.05, 4.69) is 0 Å². The molecule has 0 radical (unpaired) electrons. The van der Waals surface area contributed by atoms with E-state index in [-0.39, 0.29) is 12.0 Å². The van der Waals surface area contributed by atoms with E-state index in [1.54, 1.807) is 34.6 Å². The SMILES string of the molecule is CC(C)C(=O)C1=C(O)C2(C)CC(C(C)(C)O)C(C)(C1=O)C2=O. The number of hydrogen-bond acceptors (Lipinski definition) is 5. The third-order valence-corrected chi connectivity index (χ3v) is 5.36. The van der Waals surface area contributed by atoms with Gasteiger partial charge in [0.2, 0.25) is 0 Å². The van der Waals surface area contributed by atoms with Crippen molar-refractivity contribution >= 4 is 17.3 Å². The van der Waals surface area contributed by atoms with Crippen LogP contribution in [0, 0.1) is 22.7 Å². The molecule has 2 rings (SSSR count). The third kappa shape index (κ3) is 1.84. The highest BCUT2D eigenvalue weighted by Gasteiger charge is 2.70. The lowest BCUT2D eigenvalue weighted by Crippen LogP contribution is -2.52. The minimum Gasteiger partial charge on any atom is -0.510 e. The fourth-order valence-electron chi connectivity index (χ4n) is 4.02. The summed E-state index contributed by atoms with van der Waals surface area (Å²) in [7, 11) is 0. The van der Waals surface area contributed by atoms with Gasteiger partial charge in [-0.1, -0.05) is 13.8 Å². The summed E-state index contributed by atoms with van der Waals surface area (Å²) in [6.07, 6.45) is 0.151. The molecule has 0 saturated heterocycles. The summed E-state index contributed by atoms with van der Waals surface area (Å²) in [4.78, 5) is 38.1. The van der Waals surface area contributed by atoms with Crippen LogP contribution in [0.3, 0.4) is 0 Å². The van der Waals surface area contributed by atoms with Gasteiger partial charge in [0.15, 0.2) is 17.3 Å². The van der Waals surface area contributed by atoms with Crippen LogP contribution in [0.25, 0.3) is 0 Å². The van der Waals surface area contributed by atoms with Crippen LogP contribution in [0.5, 0.6) is 0 Å². The van der Waals surface area contributed by atoms with Gasteiger partial charge in [-0.05, 0) is 34.1 Å². The number of carbonyl (C=O) groups excluding carboxylic acids is 3. The zero-order valence-electron chi connectivity index (χ0n) is 14.0. The van der Waals surface area contributed by atoms with Crippen LogP contribution >= 0.6 is 0 Å². The first kappa shape index (κ1) is 16.9. The van der Waals surface area contributed by atoms with Crippen LogP contribution in [0.1, 0.15) is 48.0 Å². The molecular formula is C17H24O5. The maximum Gasteiger partial charge on any atom is 0.183 e. The molecule has 0 spiro atoms. The monoisotopic (exact) mass is 308 g/mol. The van der Waals surface area contributed by atoms with Gasteiger partial charge >= 0.3 is 0 Å². The Labute approximate surface area is 130 Å². The molecule has 0 aromatic carbocycles. The van der Waals surface area contributed by atoms with Gasteiger partial charge in [0.25, 0.3) is 0 Å². The Kier molecular flexibility index (Phi) is 3.46. The molecule has 1 fully saturated rings. The fourth-order valence-corrected chi connectivity index (χ4v) is 4.02. The predicted molar refractivity (Wildman–Crippen MR) is 80.1 cm³/mol. The standard InChI is InChI=1S/C17H24O5/c1-8(2)11(18)10-12(19)16(5)7-9(15(3,4)22)17(6,13(10)20)14(16)21/h8-9,19,22H,7H2,1-6H3. The zero-order valence-corrected chi connectivity index (χ0v) is 14.0. The number of rotatable bonds is 3. The number of fused-ring (bicyclic) bond motifs is 2. The van der Waals surface area contributed by atoms with E-state index < -0.39 is 51.4 Å². The highest BCUT2D eigenvalue weighted by Crippen LogP contribution is 2.61. The second-order valence-electron chi connectivity index (χ2n) is 7.85. The molecule has 0 amide bonds. The van der Waals surface area contributed by atoms with E-state index in [0.29, 0.717) is 0 Å². The number of aliphatic hydroxyl groups is 2. The minimum atomic E-state index is -1.47. The van der Waals surface area contributed by atoms with Crippen molar-refractivity contribution in [3.63, 3.8) is 0 Å². The number of allylic oxidation sites excluding steroid dienone is 2. The second kappa shape index (κ2) is 4.51. The molecule has 0 aromatic rings. The van der Waals surface area contributed by atoms with Gasteiger partial charge in [-0.3, -0.25) is 14.4 Å². The van der Waals surface area contributed by atoms with Gasteiger partial charge in [-0.15, -0.1) is 0 Å². The molecule has 0 heterocycles. The molecule has 5 nitrogen and oxygen atoms in total. The van der Waals surface area contributed by atoms with Crippen LogP contribution in [0.2, 0.25) is 0 Å². The van der Waals surface area contributed by atoms with Crippen molar-refractivity contribution in [2.45, 2.75) is 53.6 Å². The Morgan fingerprint density at radius 3 is 2.18 bits per heavy atom. The fraction of sp³-hybridized carbons (Fsp3) is 0.706. The molecule has 1 saturated carbocycles. The number of hydrogen-bond donors (Lipinski definition) is 2. The molecule has 2 N–H and O–H groups in total. The highest BCUT2D eigenvalue weighted by molar-refractivity contribution is 6.32. The van der Waals surface area contributed by atoms with E-state index in [1.807, 2.05) is 0 Å². The first-order chi connectivity index (χ1) is 9.79. The van der Waals surface area contributed by atoms with Gasteiger partial charge in [-0.25, -0.2) is 0 Å². The van der Waals surface area contributed by atoms with E-state index in [9.17, 15) is 24.6 Å². The molecule has 0 aliphatic heterocycles. The van der Waals surface area contributed by atoms with Crippen molar-refractivity contribution in [3.05, 3.63) is 11.3 Å². The van der Waals surface area contributed by atoms with E-state index in [0.717, 1.165) is 0 Å². The van der Waals surface area contributed by atoms with Crippen molar-refractivity contribution in [2.75, 3.05) is 0 Å². The smallest absolute Gasteiger partial charge is 0.183 e. The van der Waals surface area contributed by atoms with Gasteiger partial charge in [0.05, 0.1) is 16.4 Å². The third-order valence-electron chi connectivity index (χ3n) is 5.36. The number of ketones is 3. The second-order valence-corrected chi connectivity index (χ2v) is 7.85. The van der Waals surface area contributed by atoms with Crippen molar-refractivity contribution in [3.8, 4) is 0 Å². The average molecular weight is 308 g/mol. The van der Waals surface area contributed by atoms with E-state index in [4.69, 9.17) is 0 Å². The van der Waals surface area contributed by atoms with E-state index in [1.165, 1.54) is 6.92 Å². The molecule has 3 atom stereocenters. The Balaban J connectivity index is 2.73. The molecule has 2 bridgehead atoms. The lowest BCUT2D eigenvalue weighted by atomic mass is 9.63. The van der Waals surface area contributed by atoms with Crippen molar-refractivity contribution in [2.24, 2.45) is 22.7 Å². The van der Waals surface area contributed by atoms with Gasteiger partial charge < -0.3 is 10.2 Å². The van der Waals surface area contributed by atoms with Crippen LogP contribution in [-0.2, 0) is 14.4 Å². The molecule has 2 aliphatic carbocycles. The minimum absolute atomic E-state index is 0.151. The summed E-state index contributed by atoms with van der Waals surface area (Å²) in [6, 6.07) is 0. The number of aliphatic hydroxyl groups excluding tert-OH is 1. The number of carbonyl (C=O) groups is 3. The summed E-state index contributed by atoms with van der Waals surface area (Å²) >= 11 is 0. The lowest BCUT2D eigenvalue weighted by molar-refractivity contribution is -0.147. The molecular weight excluding hydrogens is 284 g/mol. The van der Waals surface area contributed by atoms with E-state index >= 15 is 0 Å². The largest absolute Gasteiger partial charge is 0.510 e. The zero-order chi connectivity index (χ0) is 17.2. The summed E-state index contributed by atoms with van der Waals surface area (Å²) in [6.45, 7) is 9.43. The Bertz CT molecular complexity index is 607. The Morgan fingerprint density at radius 2 is 1.77 bits per heavy atom. The summed E-state index contributed by atoms with van der Waals surface area (Å²) in [5.74, 6) is -3.05. The highest BCUT2D eigenvalue weighted by atomic mass is 16.3. The Morgan fingerprint density at radius 1 is 1.27 bits per heavy atom. The van der Waals surface area contributed by atoms with Crippen molar-refractivity contribution in [1.82, 2.24) is 0 Å². The molecule has 0 aromatic heterocycles. The van der Waals surface area contributed by atoms with Crippen LogP contribution in [-0.4, -0.2) is 33.2 Å². The normalized spacial score (nSPS) is 35.5. The molecule has 122 valence electrons.